The molecule has 2 aromatic rings. The van der Waals surface area contributed by atoms with Gasteiger partial charge < -0.3 is 0 Å². The SMILES string of the molecule is CC1CCCCC1NS(=O)(=O)c1cc(F)ccc1CN1C(=O)c2cccnc2C1=O. The highest BCUT2D eigenvalue weighted by Crippen LogP contribution is 2.28. The van der Waals surface area contributed by atoms with E-state index in [1.165, 1.54) is 18.3 Å². The Morgan fingerprint density at radius 3 is 2.67 bits per heavy atom. The van der Waals surface area contributed by atoms with Crippen LogP contribution in [0.3, 0.4) is 0 Å². The maximum Gasteiger partial charge on any atom is 0.280 e. The Labute approximate surface area is 174 Å². The Morgan fingerprint density at radius 1 is 1.17 bits per heavy atom. The monoisotopic (exact) mass is 431 g/mol. The number of amides is 2. The molecule has 0 radical (unpaired) electrons. The molecule has 1 aromatic carbocycles. The average Bonchev–Trinajstić information content (AvgIpc) is 2.96. The maximum absolute atomic E-state index is 14.0. The van der Waals surface area contributed by atoms with Crippen molar-refractivity contribution in [3.63, 3.8) is 0 Å². The van der Waals surface area contributed by atoms with E-state index in [1.807, 2.05) is 6.92 Å². The average molecular weight is 431 g/mol. The lowest BCUT2D eigenvalue weighted by Gasteiger charge is -2.29. The molecule has 1 aliphatic carbocycles. The van der Waals surface area contributed by atoms with Crippen molar-refractivity contribution in [1.29, 1.82) is 0 Å². The number of rotatable bonds is 5. The summed E-state index contributed by atoms with van der Waals surface area (Å²) in [6.45, 7) is 1.70. The van der Waals surface area contributed by atoms with Crippen LogP contribution in [0.25, 0.3) is 0 Å². The molecule has 9 heteroatoms. The minimum absolute atomic E-state index is 0.0307. The van der Waals surface area contributed by atoms with E-state index in [0.717, 1.165) is 42.7 Å². The molecule has 7 nitrogen and oxygen atoms in total. The summed E-state index contributed by atoms with van der Waals surface area (Å²) in [5.41, 5.74) is 0.369. The van der Waals surface area contributed by atoms with Crippen LogP contribution in [0.1, 0.15) is 59.0 Å². The molecule has 2 aliphatic rings. The van der Waals surface area contributed by atoms with E-state index in [0.29, 0.717) is 0 Å². The van der Waals surface area contributed by atoms with Crippen LogP contribution in [-0.2, 0) is 16.6 Å². The number of hydrogen-bond donors (Lipinski definition) is 1. The normalized spacial score (nSPS) is 21.7. The third-order valence-electron chi connectivity index (χ3n) is 5.80. The first-order chi connectivity index (χ1) is 14.3. The molecule has 4 rings (SSSR count). The molecule has 0 bridgehead atoms. The molecule has 1 aliphatic heterocycles. The van der Waals surface area contributed by atoms with Crippen LogP contribution in [-0.4, -0.2) is 36.2 Å². The molecule has 1 aromatic heterocycles. The molecule has 30 heavy (non-hydrogen) atoms. The molecule has 0 spiro atoms. The Hall–Kier alpha value is -2.65. The zero-order valence-electron chi connectivity index (χ0n) is 16.5. The lowest BCUT2D eigenvalue weighted by atomic mass is 9.87. The van der Waals surface area contributed by atoms with Crippen molar-refractivity contribution in [1.82, 2.24) is 14.6 Å². The van der Waals surface area contributed by atoms with Crippen molar-refractivity contribution in [2.75, 3.05) is 0 Å². The summed E-state index contributed by atoms with van der Waals surface area (Å²) in [7, 11) is -4.04. The fourth-order valence-corrected chi connectivity index (χ4v) is 5.71. The number of aromatic nitrogens is 1. The molecule has 1 N–H and O–H groups in total. The highest BCUT2D eigenvalue weighted by atomic mass is 32.2. The van der Waals surface area contributed by atoms with E-state index in [2.05, 4.69) is 9.71 Å². The number of carbonyl (C=O) groups excluding carboxylic acids is 2. The summed E-state index contributed by atoms with van der Waals surface area (Å²) >= 11 is 0. The molecular formula is C21H22FN3O4S. The van der Waals surface area contributed by atoms with Gasteiger partial charge in [0.05, 0.1) is 17.0 Å². The van der Waals surface area contributed by atoms with Crippen LogP contribution < -0.4 is 4.72 Å². The second kappa shape index (κ2) is 7.88. The number of halogens is 1. The largest absolute Gasteiger partial charge is 0.280 e. The van der Waals surface area contributed by atoms with Gasteiger partial charge in [0.1, 0.15) is 11.5 Å². The highest BCUT2D eigenvalue weighted by Gasteiger charge is 2.38. The number of carbonyl (C=O) groups is 2. The van der Waals surface area contributed by atoms with Crippen molar-refractivity contribution >= 4 is 21.8 Å². The van der Waals surface area contributed by atoms with Gasteiger partial charge in [-0.3, -0.25) is 19.5 Å². The standard InChI is InChI=1S/C21H22FN3O4S/c1-13-5-2-3-7-17(13)24-30(28,29)18-11-15(22)9-8-14(18)12-25-20(26)16-6-4-10-23-19(16)21(25)27/h4,6,8-11,13,17,24H,2-3,5,7,12H2,1H3. The summed E-state index contributed by atoms with van der Waals surface area (Å²) in [4.78, 5) is 29.9. The van der Waals surface area contributed by atoms with Gasteiger partial charge >= 0.3 is 0 Å². The van der Waals surface area contributed by atoms with Crippen molar-refractivity contribution in [2.24, 2.45) is 5.92 Å². The first-order valence-corrected chi connectivity index (χ1v) is 11.4. The van der Waals surface area contributed by atoms with Gasteiger partial charge in [-0.25, -0.2) is 17.5 Å². The quantitative estimate of drug-likeness (QED) is 0.735. The number of benzene rings is 1. The number of fused-ring (bicyclic) bond motifs is 1. The fraction of sp³-hybridized carbons (Fsp3) is 0.381. The van der Waals surface area contributed by atoms with Gasteiger partial charge in [0.25, 0.3) is 11.8 Å². The summed E-state index contributed by atoms with van der Waals surface area (Å²) in [5.74, 6) is -1.69. The first-order valence-electron chi connectivity index (χ1n) is 9.90. The van der Waals surface area contributed by atoms with Crippen molar-refractivity contribution < 1.29 is 22.4 Å². The molecule has 2 heterocycles. The Balaban J connectivity index is 1.65. The van der Waals surface area contributed by atoms with E-state index >= 15 is 0 Å². The zero-order chi connectivity index (χ0) is 21.5. The van der Waals surface area contributed by atoms with Crippen LogP contribution >= 0.6 is 0 Å². The zero-order valence-corrected chi connectivity index (χ0v) is 17.3. The lowest BCUT2D eigenvalue weighted by molar-refractivity contribution is 0.0639. The number of nitrogens with one attached hydrogen (secondary N) is 1. The smallest absolute Gasteiger partial charge is 0.268 e. The van der Waals surface area contributed by atoms with Gasteiger partial charge in [0.2, 0.25) is 10.0 Å². The van der Waals surface area contributed by atoms with E-state index in [-0.39, 0.29) is 40.2 Å². The summed E-state index contributed by atoms with van der Waals surface area (Å²) < 4.78 is 42.9. The van der Waals surface area contributed by atoms with E-state index in [1.54, 1.807) is 6.07 Å². The number of sulfonamides is 1. The molecule has 158 valence electrons. The van der Waals surface area contributed by atoms with Crippen LogP contribution in [0.15, 0.2) is 41.4 Å². The van der Waals surface area contributed by atoms with Crippen molar-refractivity contribution in [2.45, 2.75) is 50.1 Å². The minimum atomic E-state index is -4.04. The third kappa shape index (κ3) is 3.75. The Morgan fingerprint density at radius 2 is 1.93 bits per heavy atom. The molecule has 1 saturated carbocycles. The van der Waals surface area contributed by atoms with Gasteiger partial charge in [0.15, 0.2) is 0 Å². The van der Waals surface area contributed by atoms with Gasteiger partial charge in [-0.05, 0) is 48.6 Å². The van der Waals surface area contributed by atoms with Crippen LogP contribution in [0.5, 0.6) is 0 Å². The van der Waals surface area contributed by atoms with Crippen LogP contribution in [0, 0.1) is 11.7 Å². The number of imide groups is 1. The Kier molecular flexibility index (Phi) is 5.42. The number of hydrogen-bond acceptors (Lipinski definition) is 5. The molecule has 2 unspecified atom stereocenters. The predicted octanol–water partition coefficient (Wildman–Crippen LogP) is 2.87. The van der Waals surface area contributed by atoms with E-state index < -0.39 is 27.7 Å². The molecular weight excluding hydrogens is 409 g/mol. The third-order valence-corrected chi connectivity index (χ3v) is 7.37. The van der Waals surface area contributed by atoms with Gasteiger partial charge in [-0.2, -0.15) is 0 Å². The van der Waals surface area contributed by atoms with Crippen LogP contribution in [0.4, 0.5) is 4.39 Å². The maximum atomic E-state index is 14.0. The van der Waals surface area contributed by atoms with Gasteiger partial charge in [-0.15, -0.1) is 0 Å². The highest BCUT2D eigenvalue weighted by molar-refractivity contribution is 7.89. The van der Waals surface area contributed by atoms with E-state index in [4.69, 9.17) is 0 Å². The van der Waals surface area contributed by atoms with Gasteiger partial charge in [-0.1, -0.05) is 25.8 Å². The number of pyridine rings is 1. The van der Waals surface area contributed by atoms with Crippen molar-refractivity contribution in [3.05, 3.63) is 59.2 Å². The second-order valence-electron chi connectivity index (χ2n) is 7.84. The molecule has 2 atom stereocenters. The molecule has 0 saturated heterocycles. The fourth-order valence-electron chi connectivity index (χ4n) is 4.09. The summed E-state index contributed by atoms with van der Waals surface area (Å²) in [5, 5.41) is 0. The number of nitrogens with zero attached hydrogens (tertiary/aromatic N) is 2. The first kappa shape index (κ1) is 20.6. The van der Waals surface area contributed by atoms with E-state index in [9.17, 15) is 22.4 Å². The minimum Gasteiger partial charge on any atom is -0.268 e. The Bertz CT molecular complexity index is 1080. The van der Waals surface area contributed by atoms with Crippen LogP contribution in [0.2, 0.25) is 0 Å². The predicted molar refractivity (Wildman–Crippen MR) is 107 cm³/mol. The summed E-state index contributed by atoms with van der Waals surface area (Å²) in [6, 6.07) is 6.16. The second-order valence-corrected chi connectivity index (χ2v) is 9.52. The molecule has 2 amide bonds. The molecule has 1 fully saturated rings. The lowest BCUT2D eigenvalue weighted by Crippen LogP contribution is -2.41. The van der Waals surface area contributed by atoms with Crippen molar-refractivity contribution in [3.8, 4) is 0 Å². The summed E-state index contributed by atoms with van der Waals surface area (Å²) in [6.07, 6.45) is 5.03. The van der Waals surface area contributed by atoms with Gasteiger partial charge in [0, 0.05) is 12.2 Å². The topological polar surface area (TPSA) is 96.4 Å².